The molecule has 0 spiro atoms. The van der Waals surface area contributed by atoms with Gasteiger partial charge in [-0.15, -0.1) is 0 Å². The molecule has 1 aromatic carbocycles. The van der Waals surface area contributed by atoms with E-state index in [4.69, 9.17) is 0 Å². The molecule has 7 nitrogen and oxygen atoms in total. The first-order chi connectivity index (χ1) is 14.1. The second-order valence-electron chi connectivity index (χ2n) is 7.81. The molecule has 0 bridgehead atoms. The Hall–Kier alpha value is -3.09. The maximum atomic E-state index is 12.5. The van der Waals surface area contributed by atoms with E-state index in [1.165, 1.54) is 6.42 Å². The third-order valence-corrected chi connectivity index (χ3v) is 5.66. The fourth-order valence-corrected chi connectivity index (χ4v) is 4.14. The molecule has 7 heteroatoms. The highest BCUT2D eigenvalue weighted by atomic mass is 16.2. The SMILES string of the molecule is O=C(CC1CNC(=O)c2cc(NC(=O)c3ccccc3)cn21)NC1CCCCC1. The van der Waals surface area contributed by atoms with Gasteiger partial charge < -0.3 is 20.5 Å². The number of rotatable bonds is 5. The molecule has 1 unspecified atom stereocenters. The molecule has 0 radical (unpaired) electrons. The number of nitrogens with zero attached hydrogens (tertiary/aromatic N) is 1. The van der Waals surface area contributed by atoms with Gasteiger partial charge in [-0.25, -0.2) is 0 Å². The van der Waals surface area contributed by atoms with Crippen molar-refractivity contribution in [1.82, 2.24) is 15.2 Å². The Bertz CT molecular complexity index is 900. The van der Waals surface area contributed by atoms with Crippen LogP contribution in [-0.4, -0.2) is 34.9 Å². The smallest absolute Gasteiger partial charge is 0.268 e. The van der Waals surface area contributed by atoms with Crippen LogP contribution in [0.5, 0.6) is 0 Å². The molecule has 1 aromatic heterocycles. The van der Waals surface area contributed by atoms with Crippen molar-refractivity contribution in [3.8, 4) is 0 Å². The third-order valence-electron chi connectivity index (χ3n) is 5.66. The average Bonchev–Trinajstić information content (AvgIpc) is 3.16. The Morgan fingerprint density at radius 3 is 2.62 bits per heavy atom. The van der Waals surface area contributed by atoms with Gasteiger partial charge in [0.25, 0.3) is 11.8 Å². The number of hydrogen-bond donors (Lipinski definition) is 3. The number of benzene rings is 1. The highest BCUT2D eigenvalue weighted by molar-refractivity contribution is 6.05. The molecular formula is C22H26N4O3. The van der Waals surface area contributed by atoms with Crippen LogP contribution < -0.4 is 16.0 Å². The van der Waals surface area contributed by atoms with Gasteiger partial charge in [0.1, 0.15) is 5.69 Å². The first-order valence-electron chi connectivity index (χ1n) is 10.3. The van der Waals surface area contributed by atoms with Crippen LogP contribution in [0, 0.1) is 0 Å². The number of carbonyl (C=O) groups excluding carboxylic acids is 3. The van der Waals surface area contributed by atoms with E-state index >= 15 is 0 Å². The summed E-state index contributed by atoms with van der Waals surface area (Å²) in [6.45, 7) is 0.394. The molecular weight excluding hydrogens is 368 g/mol. The molecule has 2 heterocycles. The molecule has 2 aliphatic rings. The topological polar surface area (TPSA) is 92.2 Å². The van der Waals surface area contributed by atoms with Gasteiger partial charge in [-0.1, -0.05) is 37.5 Å². The maximum Gasteiger partial charge on any atom is 0.268 e. The lowest BCUT2D eigenvalue weighted by atomic mass is 9.95. The van der Waals surface area contributed by atoms with Crippen molar-refractivity contribution in [2.45, 2.75) is 50.6 Å². The van der Waals surface area contributed by atoms with Crippen molar-refractivity contribution in [2.24, 2.45) is 0 Å². The predicted octanol–water partition coefficient (Wildman–Crippen LogP) is 2.86. The summed E-state index contributed by atoms with van der Waals surface area (Å²) < 4.78 is 1.81. The van der Waals surface area contributed by atoms with Crippen LogP contribution in [0.2, 0.25) is 0 Å². The largest absolute Gasteiger partial charge is 0.353 e. The molecule has 2 aromatic rings. The zero-order valence-electron chi connectivity index (χ0n) is 16.3. The van der Waals surface area contributed by atoms with Gasteiger partial charge in [-0.3, -0.25) is 14.4 Å². The number of anilines is 1. The van der Waals surface area contributed by atoms with Gasteiger partial charge in [0.15, 0.2) is 0 Å². The average molecular weight is 394 g/mol. The van der Waals surface area contributed by atoms with Gasteiger partial charge in [-0.2, -0.15) is 0 Å². The Balaban J connectivity index is 1.44. The van der Waals surface area contributed by atoms with E-state index in [2.05, 4.69) is 16.0 Å². The molecule has 3 amide bonds. The Morgan fingerprint density at radius 1 is 1.10 bits per heavy atom. The van der Waals surface area contributed by atoms with E-state index < -0.39 is 0 Å². The van der Waals surface area contributed by atoms with Crippen LogP contribution in [-0.2, 0) is 4.79 Å². The molecule has 4 rings (SSSR count). The Kier molecular flexibility index (Phi) is 5.64. The number of hydrogen-bond acceptors (Lipinski definition) is 3. The lowest BCUT2D eigenvalue weighted by Gasteiger charge is -2.28. The lowest BCUT2D eigenvalue weighted by molar-refractivity contribution is -0.122. The summed E-state index contributed by atoms with van der Waals surface area (Å²) in [4.78, 5) is 37.2. The number of amides is 3. The summed E-state index contributed by atoms with van der Waals surface area (Å²) in [5.74, 6) is -0.428. The van der Waals surface area contributed by atoms with Gasteiger partial charge in [0, 0.05) is 30.8 Å². The van der Waals surface area contributed by atoms with Crippen molar-refractivity contribution in [2.75, 3.05) is 11.9 Å². The van der Waals surface area contributed by atoms with Crippen molar-refractivity contribution in [1.29, 1.82) is 0 Å². The predicted molar refractivity (Wildman–Crippen MR) is 110 cm³/mol. The molecule has 1 aliphatic carbocycles. The quantitative estimate of drug-likeness (QED) is 0.728. The monoisotopic (exact) mass is 394 g/mol. The summed E-state index contributed by atoms with van der Waals surface area (Å²) in [5.41, 5.74) is 1.54. The first-order valence-corrected chi connectivity index (χ1v) is 10.3. The summed E-state index contributed by atoms with van der Waals surface area (Å²) in [7, 11) is 0. The van der Waals surface area contributed by atoms with Crippen molar-refractivity contribution in [3.63, 3.8) is 0 Å². The molecule has 1 aliphatic heterocycles. The van der Waals surface area contributed by atoms with Crippen molar-refractivity contribution >= 4 is 23.4 Å². The molecule has 152 valence electrons. The van der Waals surface area contributed by atoms with E-state index in [1.807, 2.05) is 6.07 Å². The minimum Gasteiger partial charge on any atom is -0.353 e. The van der Waals surface area contributed by atoms with E-state index in [0.717, 1.165) is 25.7 Å². The van der Waals surface area contributed by atoms with Gasteiger partial charge in [0.2, 0.25) is 5.91 Å². The molecule has 1 atom stereocenters. The summed E-state index contributed by atoms with van der Waals surface area (Å²) in [5, 5.41) is 8.81. The summed E-state index contributed by atoms with van der Waals surface area (Å²) >= 11 is 0. The zero-order valence-corrected chi connectivity index (χ0v) is 16.3. The fraction of sp³-hybridized carbons (Fsp3) is 0.409. The molecule has 1 saturated carbocycles. The molecule has 0 saturated heterocycles. The van der Waals surface area contributed by atoms with Gasteiger partial charge in [-0.05, 0) is 31.0 Å². The highest BCUT2D eigenvalue weighted by Gasteiger charge is 2.28. The second kappa shape index (κ2) is 8.51. The van der Waals surface area contributed by atoms with Crippen molar-refractivity contribution < 1.29 is 14.4 Å². The van der Waals surface area contributed by atoms with E-state index in [9.17, 15) is 14.4 Å². The summed E-state index contributed by atoms with van der Waals surface area (Å²) in [6, 6.07) is 10.7. The standard InChI is InChI=1S/C22H26N4O3/c27-20(24-16-9-5-2-6-10-16)12-18-13-23-22(29)19-11-17(14-26(18)19)25-21(28)15-7-3-1-4-8-15/h1,3-4,7-8,11,14,16,18H,2,5-6,9-10,12-13H2,(H,23,29)(H,24,27)(H,25,28). The number of carbonyl (C=O) groups is 3. The van der Waals surface area contributed by atoms with E-state index in [0.29, 0.717) is 29.9 Å². The second-order valence-corrected chi connectivity index (χ2v) is 7.81. The Labute approximate surface area is 169 Å². The minimum absolute atomic E-state index is 0.00701. The van der Waals surface area contributed by atoms with Crippen LogP contribution in [0.4, 0.5) is 5.69 Å². The number of fused-ring (bicyclic) bond motifs is 1. The minimum atomic E-state index is -0.236. The van der Waals surface area contributed by atoms with E-state index in [1.54, 1.807) is 41.1 Å². The Morgan fingerprint density at radius 2 is 1.86 bits per heavy atom. The van der Waals surface area contributed by atoms with E-state index in [-0.39, 0.29) is 29.8 Å². The fourth-order valence-electron chi connectivity index (χ4n) is 4.14. The van der Waals surface area contributed by atoms with Gasteiger partial charge in [0.05, 0.1) is 11.7 Å². The third kappa shape index (κ3) is 4.50. The number of aromatic nitrogens is 1. The zero-order chi connectivity index (χ0) is 20.2. The van der Waals surface area contributed by atoms with Crippen LogP contribution in [0.1, 0.15) is 65.4 Å². The first kappa shape index (κ1) is 19.2. The van der Waals surface area contributed by atoms with Crippen LogP contribution in [0.15, 0.2) is 42.6 Å². The molecule has 3 N–H and O–H groups in total. The van der Waals surface area contributed by atoms with Crippen LogP contribution in [0.25, 0.3) is 0 Å². The summed E-state index contributed by atoms with van der Waals surface area (Å²) in [6.07, 6.45) is 7.69. The highest BCUT2D eigenvalue weighted by Crippen LogP contribution is 2.25. The molecule has 29 heavy (non-hydrogen) atoms. The maximum absolute atomic E-state index is 12.5. The van der Waals surface area contributed by atoms with Crippen molar-refractivity contribution in [3.05, 3.63) is 53.9 Å². The van der Waals surface area contributed by atoms with Crippen LogP contribution >= 0.6 is 0 Å². The molecule has 1 fully saturated rings. The lowest BCUT2D eigenvalue weighted by Crippen LogP contribution is -2.42. The normalized spacial score (nSPS) is 19.2. The number of nitrogens with one attached hydrogen (secondary N) is 3. The van der Waals surface area contributed by atoms with Gasteiger partial charge >= 0.3 is 0 Å². The van der Waals surface area contributed by atoms with Crippen LogP contribution in [0.3, 0.4) is 0 Å².